The molecule has 0 spiro atoms. The molecule has 10 nitrogen and oxygen atoms in total. The van der Waals surface area contributed by atoms with E-state index in [0.717, 1.165) is 0 Å². The van der Waals surface area contributed by atoms with Crippen LogP contribution in [0.4, 0.5) is 0 Å². The third-order valence-electron chi connectivity index (χ3n) is 5.07. The van der Waals surface area contributed by atoms with E-state index in [1.54, 1.807) is 0 Å². The van der Waals surface area contributed by atoms with Crippen LogP contribution in [0.3, 0.4) is 0 Å². The van der Waals surface area contributed by atoms with Crippen molar-refractivity contribution in [2.75, 3.05) is 26.7 Å². The molecule has 0 aromatic rings. The molecular weight excluding hydrogens is 452 g/mol. The van der Waals surface area contributed by atoms with Crippen LogP contribution in [-0.2, 0) is 28.7 Å². The molecule has 0 saturated carbocycles. The van der Waals surface area contributed by atoms with Crippen LogP contribution in [0, 0.1) is 37.0 Å². The first-order chi connectivity index (χ1) is 16.7. The van der Waals surface area contributed by atoms with Gasteiger partial charge in [-0.15, -0.1) is 19.3 Å². The number of rotatable bonds is 17. The van der Waals surface area contributed by atoms with E-state index in [0.29, 0.717) is 0 Å². The number of amides is 4. The van der Waals surface area contributed by atoms with Crippen LogP contribution in [0.5, 0.6) is 0 Å². The fraction of sp³-hybridized carbons (Fsp3) is 0.560. The summed E-state index contributed by atoms with van der Waals surface area (Å²) in [6, 6.07) is 0. The predicted molar refractivity (Wildman–Crippen MR) is 130 cm³/mol. The lowest BCUT2D eigenvalue weighted by Gasteiger charge is -2.35. The van der Waals surface area contributed by atoms with Gasteiger partial charge in [0.25, 0.3) is 0 Å². The summed E-state index contributed by atoms with van der Waals surface area (Å²) < 4.78 is 4.58. The van der Waals surface area contributed by atoms with Crippen molar-refractivity contribution >= 4 is 29.6 Å². The van der Waals surface area contributed by atoms with Gasteiger partial charge >= 0.3 is 5.97 Å². The van der Waals surface area contributed by atoms with Crippen LogP contribution < -0.4 is 21.3 Å². The highest BCUT2D eigenvalue weighted by molar-refractivity contribution is 5.80. The quantitative estimate of drug-likeness (QED) is 0.165. The minimum absolute atomic E-state index is 0.00205. The molecule has 0 radical (unpaired) electrons. The summed E-state index contributed by atoms with van der Waals surface area (Å²) >= 11 is 0. The highest BCUT2D eigenvalue weighted by Crippen LogP contribution is 2.26. The standard InChI is InChI=1S/C25H34N4O6/c1-5-17-26-20(30)11-14-25(15-12-21(31)27-18-6-2,16-13-22(32)28-19-7-3)29-23(33)9-8-10-24(34)35-4/h1-3H,8-19H2,4H3,(H,26,30)(H,27,31)(H,28,32)(H,29,33). The van der Waals surface area contributed by atoms with Gasteiger partial charge in [0.2, 0.25) is 23.6 Å². The summed E-state index contributed by atoms with van der Waals surface area (Å²) in [6.45, 7) is 0.151. The molecule has 0 aliphatic heterocycles. The van der Waals surface area contributed by atoms with Gasteiger partial charge in [-0.3, -0.25) is 24.0 Å². The highest BCUT2D eigenvalue weighted by Gasteiger charge is 2.33. The molecule has 10 heteroatoms. The number of esters is 1. The van der Waals surface area contributed by atoms with Crippen molar-refractivity contribution in [3.05, 3.63) is 0 Å². The number of carbonyl (C=O) groups excluding carboxylic acids is 5. The van der Waals surface area contributed by atoms with E-state index in [2.05, 4.69) is 43.8 Å². The zero-order valence-corrected chi connectivity index (χ0v) is 20.2. The van der Waals surface area contributed by atoms with Crippen LogP contribution in [0.1, 0.15) is 57.8 Å². The topological polar surface area (TPSA) is 143 Å². The van der Waals surface area contributed by atoms with Crippen molar-refractivity contribution < 1.29 is 28.7 Å². The smallest absolute Gasteiger partial charge is 0.305 e. The van der Waals surface area contributed by atoms with E-state index in [1.807, 2.05) is 0 Å². The number of hydrogen-bond donors (Lipinski definition) is 4. The molecule has 0 aliphatic carbocycles. The second-order valence-electron chi connectivity index (χ2n) is 7.70. The normalized spacial score (nSPS) is 10.0. The SMILES string of the molecule is C#CCNC(=O)CCC(CCC(=O)NCC#C)(CCC(=O)NCC#C)NC(=O)CCCC(=O)OC. The molecule has 35 heavy (non-hydrogen) atoms. The second-order valence-corrected chi connectivity index (χ2v) is 7.70. The van der Waals surface area contributed by atoms with E-state index in [-0.39, 0.29) is 101 Å². The molecule has 0 aromatic heterocycles. The molecule has 0 bridgehead atoms. The van der Waals surface area contributed by atoms with Crippen molar-refractivity contribution in [3.8, 4) is 37.0 Å². The number of nitrogens with one attached hydrogen (secondary N) is 4. The molecular formula is C25H34N4O6. The molecule has 0 fully saturated rings. The van der Waals surface area contributed by atoms with Crippen molar-refractivity contribution in [2.45, 2.75) is 63.3 Å². The monoisotopic (exact) mass is 486 g/mol. The Kier molecular flexibility index (Phi) is 16.4. The van der Waals surface area contributed by atoms with Gasteiger partial charge in [0.05, 0.1) is 26.7 Å². The fourth-order valence-corrected chi connectivity index (χ4v) is 3.19. The summed E-state index contributed by atoms with van der Waals surface area (Å²) in [4.78, 5) is 60.7. The molecule has 0 heterocycles. The van der Waals surface area contributed by atoms with Gasteiger partial charge in [-0.2, -0.15) is 0 Å². The number of ether oxygens (including phenoxy) is 1. The van der Waals surface area contributed by atoms with Gasteiger partial charge in [0, 0.05) is 37.6 Å². The molecule has 0 rings (SSSR count). The predicted octanol–water partition coefficient (Wildman–Crippen LogP) is -0.226. The molecule has 0 aromatic carbocycles. The third-order valence-corrected chi connectivity index (χ3v) is 5.07. The highest BCUT2D eigenvalue weighted by atomic mass is 16.5. The maximum absolute atomic E-state index is 12.7. The Bertz CT molecular complexity index is 779. The number of terminal acetylenes is 3. The maximum Gasteiger partial charge on any atom is 0.305 e. The lowest BCUT2D eigenvalue weighted by molar-refractivity contribution is -0.141. The van der Waals surface area contributed by atoms with E-state index in [4.69, 9.17) is 19.3 Å². The third kappa shape index (κ3) is 15.5. The number of methoxy groups -OCH3 is 1. The van der Waals surface area contributed by atoms with Crippen LogP contribution in [-0.4, -0.2) is 61.9 Å². The summed E-state index contributed by atoms with van der Waals surface area (Å²) in [5.74, 6) is 5.10. The summed E-state index contributed by atoms with van der Waals surface area (Å²) in [7, 11) is 1.26. The summed E-state index contributed by atoms with van der Waals surface area (Å²) in [6.07, 6.45) is 16.3. The van der Waals surface area contributed by atoms with Gasteiger partial charge in [-0.25, -0.2) is 0 Å². The number of carbonyl (C=O) groups is 5. The maximum atomic E-state index is 12.7. The zero-order chi connectivity index (χ0) is 26.5. The van der Waals surface area contributed by atoms with Gasteiger partial charge in [0.15, 0.2) is 0 Å². The van der Waals surface area contributed by atoms with Crippen LogP contribution in [0.15, 0.2) is 0 Å². The van der Waals surface area contributed by atoms with Crippen molar-refractivity contribution in [2.24, 2.45) is 0 Å². The summed E-state index contributed by atoms with van der Waals surface area (Å²) in [5.41, 5.74) is -1.06. The van der Waals surface area contributed by atoms with Crippen molar-refractivity contribution in [3.63, 3.8) is 0 Å². The molecule has 190 valence electrons. The van der Waals surface area contributed by atoms with E-state index in [9.17, 15) is 24.0 Å². The van der Waals surface area contributed by atoms with Gasteiger partial charge in [-0.05, 0) is 25.7 Å². The number of hydrogen-bond acceptors (Lipinski definition) is 6. The van der Waals surface area contributed by atoms with Gasteiger partial charge in [0.1, 0.15) is 0 Å². The Labute approximate surface area is 207 Å². The fourth-order valence-electron chi connectivity index (χ4n) is 3.19. The molecule has 4 N–H and O–H groups in total. The first kappa shape index (κ1) is 31.0. The van der Waals surface area contributed by atoms with Gasteiger partial charge in [-0.1, -0.05) is 17.8 Å². The molecule has 0 unspecified atom stereocenters. The average molecular weight is 487 g/mol. The Hall–Kier alpha value is -3.97. The van der Waals surface area contributed by atoms with E-state index >= 15 is 0 Å². The Morgan fingerprint density at radius 3 is 1.40 bits per heavy atom. The second kappa shape index (κ2) is 18.5. The lowest BCUT2D eigenvalue weighted by atomic mass is 9.83. The zero-order valence-electron chi connectivity index (χ0n) is 20.2. The first-order valence-electron chi connectivity index (χ1n) is 11.2. The van der Waals surface area contributed by atoms with Crippen LogP contribution >= 0.6 is 0 Å². The minimum atomic E-state index is -1.06. The van der Waals surface area contributed by atoms with Crippen LogP contribution in [0.2, 0.25) is 0 Å². The molecule has 4 amide bonds. The van der Waals surface area contributed by atoms with E-state index in [1.165, 1.54) is 7.11 Å². The Balaban J connectivity index is 5.60. The summed E-state index contributed by atoms with van der Waals surface area (Å²) in [5, 5.41) is 10.6. The minimum Gasteiger partial charge on any atom is -0.469 e. The van der Waals surface area contributed by atoms with E-state index < -0.39 is 11.5 Å². The molecule has 0 aliphatic rings. The lowest BCUT2D eigenvalue weighted by Crippen LogP contribution is -2.50. The first-order valence-corrected chi connectivity index (χ1v) is 11.2. The molecule has 0 atom stereocenters. The van der Waals surface area contributed by atoms with Crippen molar-refractivity contribution in [1.29, 1.82) is 0 Å². The van der Waals surface area contributed by atoms with Crippen molar-refractivity contribution in [1.82, 2.24) is 21.3 Å². The Morgan fingerprint density at radius 1 is 0.657 bits per heavy atom. The average Bonchev–Trinajstić information content (AvgIpc) is 2.85. The van der Waals surface area contributed by atoms with Gasteiger partial charge < -0.3 is 26.0 Å². The largest absolute Gasteiger partial charge is 0.469 e. The molecule has 0 saturated heterocycles. The Morgan fingerprint density at radius 2 is 1.06 bits per heavy atom. The van der Waals surface area contributed by atoms with Crippen LogP contribution in [0.25, 0.3) is 0 Å².